The average molecular weight is 499 g/mol. The highest BCUT2D eigenvalue weighted by molar-refractivity contribution is 6.31. The van der Waals surface area contributed by atoms with Crippen LogP contribution in [0.5, 0.6) is 0 Å². The van der Waals surface area contributed by atoms with Gasteiger partial charge >= 0.3 is 5.69 Å². The van der Waals surface area contributed by atoms with Crippen molar-refractivity contribution >= 4 is 34.3 Å². The first-order chi connectivity index (χ1) is 16.8. The Balaban J connectivity index is 1.36. The molecule has 10 heteroatoms. The maximum Gasteiger partial charge on any atom is 0.329 e. The van der Waals surface area contributed by atoms with Gasteiger partial charge in [-0.15, -0.1) is 0 Å². The van der Waals surface area contributed by atoms with Gasteiger partial charge < -0.3 is 9.80 Å². The molecule has 8 nitrogen and oxygen atoms in total. The van der Waals surface area contributed by atoms with Crippen molar-refractivity contribution < 1.29 is 14.0 Å². The van der Waals surface area contributed by atoms with Crippen molar-refractivity contribution in [2.24, 2.45) is 5.92 Å². The summed E-state index contributed by atoms with van der Waals surface area (Å²) in [6.07, 6.45) is 2.94. The molecule has 2 aromatic carbocycles. The van der Waals surface area contributed by atoms with E-state index in [0.717, 1.165) is 19.3 Å². The van der Waals surface area contributed by atoms with E-state index in [0.29, 0.717) is 42.3 Å². The van der Waals surface area contributed by atoms with Gasteiger partial charge in [0.05, 0.1) is 23.0 Å². The van der Waals surface area contributed by atoms with Gasteiger partial charge in [0.25, 0.3) is 11.5 Å². The second-order valence-electron chi connectivity index (χ2n) is 9.07. The average Bonchev–Trinajstić information content (AvgIpc) is 2.81. The fourth-order valence-electron chi connectivity index (χ4n) is 4.65. The van der Waals surface area contributed by atoms with Gasteiger partial charge in [0, 0.05) is 37.1 Å². The number of benzene rings is 2. The van der Waals surface area contributed by atoms with E-state index in [1.54, 1.807) is 21.9 Å². The van der Waals surface area contributed by atoms with E-state index >= 15 is 0 Å². The Bertz CT molecular complexity index is 1440. The molecule has 35 heavy (non-hydrogen) atoms. The maximum atomic E-state index is 14.7. The molecule has 2 aliphatic rings. The standard InChI is InChI=1S/C25H24ClFN4O4/c26-17-5-7-21-19(13-17)22(32)28-25(35)31(21)14-15-4-6-20(27)18(12-15)24(34)30-10-8-29(9-11-30)23(33)16-2-1-3-16/h4-7,12-13,16H,1-3,8-11,14H2,(H,28,32,35). The molecule has 2 fully saturated rings. The summed E-state index contributed by atoms with van der Waals surface area (Å²) >= 11 is 6.00. The van der Waals surface area contributed by atoms with Gasteiger partial charge in [-0.2, -0.15) is 0 Å². The summed E-state index contributed by atoms with van der Waals surface area (Å²) in [5.74, 6) is -0.853. The van der Waals surface area contributed by atoms with E-state index in [1.807, 2.05) is 0 Å². The van der Waals surface area contributed by atoms with Crippen LogP contribution in [0.3, 0.4) is 0 Å². The minimum Gasteiger partial charge on any atom is -0.339 e. The monoisotopic (exact) mass is 498 g/mol. The van der Waals surface area contributed by atoms with Crippen molar-refractivity contribution in [3.05, 3.63) is 79.2 Å². The Kier molecular flexibility index (Phi) is 6.19. The summed E-state index contributed by atoms with van der Waals surface area (Å²) in [5.41, 5.74) is -0.347. The van der Waals surface area contributed by atoms with Crippen LogP contribution in [-0.2, 0) is 11.3 Å². The topological polar surface area (TPSA) is 95.5 Å². The van der Waals surface area contributed by atoms with Crippen LogP contribution in [0.25, 0.3) is 10.9 Å². The number of amides is 2. The molecule has 3 aromatic rings. The maximum absolute atomic E-state index is 14.7. The Hall–Kier alpha value is -3.46. The smallest absolute Gasteiger partial charge is 0.329 e. The minimum absolute atomic E-state index is 0.0258. The predicted octanol–water partition coefficient (Wildman–Crippen LogP) is 2.62. The third kappa shape index (κ3) is 4.48. The molecule has 1 aliphatic carbocycles. The SMILES string of the molecule is O=C(c1cc(Cn2c(=O)[nH]c(=O)c3cc(Cl)ccc32)ccc1F)N1CCN(C(=O)C2CCC2)CC1. The second kappa shape index (κ2) is 9.30. The number of carbonyl (C=O) groups excluding carboxylic acids is 2. The summed E-state index contributed by atoms with van der Waals surface area (Å²) < 4.78 is 16.0. The molecular formula is C25H24ClFN4O4. The molecule has 0 bridgehead atoms. The van der Waals surface area contributed by atoms with Crippen LogP contribution < -0.4 is 11.2 Å². The number of fused-ring (bicyclic) bond motifs is 1. The number of halogens is 2. The van der Waals surface area contributed by atoms with E-state index in [9.17, 15) is 23.6 Å². The van der Waals surface area contributed by atoms with Crippen molar-refractivity contribution in [3.8, 4) is 0 Å². The van der Waals surface area contributed by atoms with Crippen molar-refractivity contribution in [3.63, 3.8) is 0 Å². The lowest BCUT2D eigenvalue weighted by Gasteiger charge is -2.38. The van der Waals surface area contributed by atoms with Crippen molar-refractivity contribution in [2.75, 3.05) is 26.2 Å². The Labute approximate surface area is 204 Å². The van der Waals surface area contributed by atoms with Crippen LogP contribution in [-0.4, -0.2) is 57.3 Å². The number of hydrogen-bond donors (Lipinski definition) is 1. The molecule has 1 saturated heterocycles. The quantitative estimate of drug-likeness (QED) is 0.598. The van der Waals surface area contributed by atoms with Crippen LogP contribution >= 0.6 is 11.6 Å². The molecule has 2 amide bonds. The normalized spacial score (nSPS) is 16.4. The molecule has 1 aromatic heterocycles. The number of piperazine rings is 1. The zero-order chi connectivity index (χ0) is 24.7. The number of hydrogen-bond acceptors (Lipinski definition) is 4. The predicted molar refractivity (Wildman–Crippen MR) is 129 cm³/mol. The number of carbonyl (C=O) groups is 2. The summed E-state index contributed by atoms with van der Waals surface area (Å²) in [6, 6.07) is 8.77. The highest BCUT2D eigenvalue weighted by atomic mass is 35.5. The summed E-state index contributed by atoms with van der Waals surface area (Å²) in [7, 11) is 0. The fourth-order valence-corrected chi connectivity index (χ4v) is 4.83. The van der Waals surface area contributed by atoms with E-state index in [1.165, 1.54) is 28.8 Å². The fraction of sp³-hybridized carbons (Fsp3) is 0.360. The number of aromatic nitrogens is 2. The van der Waals surface area contributed by atoms with Gasteiger partial charge in [0.1, 0.15) is 5.82 Å². The molecule has 1 aliphatic heterocycles. The van der Waals surface area contributed by atoms with Gasteiger partial charge in [-0.05, 0) is 48.7 Å². The van der Waals surface area contributed by atoms with E-state index in [4.69, 9.17) is 11.6 Å². The van der Waals surface area contributed by atoms with Crippen LogP contribution in [0.2, 0.25) is 5.02 Å². The Morgan fingerprint density at radius 2 is 1.71 bits per heavy atom. The highest BCUT2D eigenvalue weighted by Crippen LogP contribution is 2.28. The van der Waals surface area contributed by atoms with Gasteiger partial charge in [0.15, 0.2) is 0 Å². The van der Waals surface area contributed by atoms with Crippen LogP contribution in [0.4, 0.5) is 4.39 Å². The lowest BCUT2D eigenvalue weighted by Crippen LogP contribution is -2.52. The van der Waals surface area contributed by atoms with Crippen LogP contribution in [0.15, 0.2) is 46.0 Å². The van der Waals surface area contributed by atoms with Gasteiger partial charge in [-0.3, -0.25) is 23.9 Å². The largest absolute Gasteiger partial charge is 0.339 e. The molecule has 2 heterocycles. The molecule has 0 unspecified atom stereocenters. The Morgan fingerprint density at radius 3 is 2.40 bits per heavy atom. The summed E-state index contributed by atoms with van der Waals surface area (Å²) in [4.78, 5) is 55.9. The number of rotatable bonds is 4. The molecule has 5 rings (SSSR count). The summed E-state index contributed by atoms with van der Waals surface area (Å²) in [5, 5.41) is 0.613. The third-order valence-corrected chi connectivity index (χ3v) is 7.13. The number of nitrogens with zero attached hydrogens (tertiary/aromatic N) is 3. The Morgan fingerprint density at radius 1 is 1.00 bits per heavy atom. The number of aromatic amines is 1. The first-order valence-corrected chi connectivity index (χ1v) is 12.0. The molecule has 0 atom stereocenters. The lowest BCUT2D eigenvalue weighted by atomic mass is 9.84. The molecule has 0 radical (unpaired) electrons. The first kappa shape index (κ1) is 23.3. The van der Waals surface area contributed by atoms with Crippen LogP contribution in [0.1, 0.15) is 35.2 Å². The van der Waals surface area contributed by atoms with Gasteiger partial charge in [0.2, 0.25) is 5.91 Å². The van der Waals surface area contributed by atoms with Gasteiger partial charge in [-0.1, -0.05) is 24.1 Å². The first-order valence-electron chi connectivity index (χ1n) is 11.6. The summed E-state index contributed by atoms with van der Waals surface area (Å²) in [6.45, 7) is 1.57. The minimum atomic E-state index is -0.655. The third-order valence-electron chi connectivity index (χ3n) is 6.89. The molecule has 1 N–H and O–H groups in total. The second-order valence-corrected chi connectivity index (χ2v) is 9.50. The van der Waals surface area contributed by atoms with E-state index in [2.05, 4.69) is 4.98 Å². The molecule has 182 valence electrons. The molecular weight excluding hydrogens is 475 g/mol. The highest BCUT2D eigenvalue weighted by Gasteiger charge is 2.32. The van der Waals surface area contributed by atoms with Gasteiger partial charge in [-0.25, -0.2) is 9.18 Å². The number of nitrogens with one attached hydrogen (secondary N) is 1. The molecule has 1 saturated carbocycles. The van der Waals surface area contributed by atoms with Crippen molar-refractivity contribution in [2.45, 2.75) is 25.8 Å². The van der Waals surface area contributed by atoms with E-state index in [-0.39, 0.29) is 29.3 Å². The van der Waals surface area contributed by atoms with Crippen molar-refractivity contribution in [1.29, 1.82) is 0 Å². The lowest BCUT2D eigenvalue weighted by molar-refractivity contribution is -0.139. The zero-order valence-electron chi connectivity index (χ0n) is 18.9. The molecule has 0 spiro atoms. The van der Waals surface area contributed by atoms with Crippen LogP contribution in [0, 0.1) is 11.7 Å². The number of H-pyrrole nitrogens is 1. The van der Waals surface area contributed by atoms with Crippen molar-refractivity contribution in [1.82, 2.24) is 19.4 Å². The zero-order valence-corrected chi connectivity index (χ0v) is 19.7. The van der Waals surface area contributed by atoms with E-state index < -0.39 is 23.0 Å².